The van der Waals surface area contributed by atoms with E-state index in [2.05, 4.69) is 104 Å². The number of thiophene rings is 5. The van der Waals surface area contributed by atoms with E-state index in [1.807, 2.05) is 56.7 Å². The lowest BCUT2D eigenvalue weighted by molar-refractivity contribution is 0.508. The summed E-state index contributed by atoms with van der Waals surface area (Å²) in [4.78, 5) is 12.5. The first-order valence-electron chi connectivity index (χ1n) is 15.5. The van der Waals surface area contributed by atoms with Crippen molar-refractivity contribution >= 4 is 68.4 Å². The Balaban J connectivity index is 1.11. The fourth-order valence-corrected chi connectivity index (χ4v) is 12.6. The predicted octanol–water partition coefficient (Wildman–Crippen LogP) is 14.7. The zero-order valence-corrected chi connectivity index (χ0v) is 29.5. The highest BCUT2D eigenvalue weighted by Gasteiger charge is 2.35. The molecule has 1 aliphatic rings. The molecule has 0 nitrogen and oxygen atoms in total. The second-order valence-corrected chi connectivity index (χ2v) is 18.1. The maximum atomic E-state index is 2.61. The third kappa shape index (κ3) is 7.27. The molecular weight excluding hydrogens is 625 g/mol. The molecule has 0 saturated heterocycles. The second-order valence-electron chi connectivity index (χ2n) is 11.3. The van der Waals surface area contributed by atoms with Gasteiger partial charge in [0, 0.05) is 48.6 Å². The Hall–Kier alpha value is -1.41. The number of hydrogen-bond donors (Lipinski definition) is 0. The normalized spacial score (nSPS) is 16.1. The molecule has 220 valence electrons. The van der Waals surface area contributed by atoms with Gasteiger partial charge in [0.2, 0.25) is 0 Å². The lowest BCUT2D eigenvalue weighted by atomic mass is 9.93. The molecular formula is C36H40S6. The third-order valence-electron chi connectivity index (χ3n) is 8.06. The smallest absolute Gasteiger partial charge is 0.0580 e. The van der Waals surface area contributed by atoms with E-state index in [0.717, 1.165) is 0 Å². The van der Waals surface area contributed by atoms with Crippen molar-refractivity contribution < 1.29 is 0 Å². The van der Waals surface area contributed by atoms with Crippen molar-refractivity contribution in [3.8, 4) is 39.0 Å². The maximum absolute atomic E-state index is 2.61. The first-order chi connectivity index (χ1) is 20.7. The van der Waals surface area contributed by atoms with E-state index in [1.165, 1.54) is 108 Å². The molecule has 1 atom stereocenters. The van der Waals surface area contributed by atoms with Gasteiger partial charge in [0.1, 0.15) is 0 Å². The minimum Gasteiger partial charge on any atom is -0.143 e. The first-order valence-corrected chi connectivity index (χ1v) is 20.5. The van der Waals surface area contributed by atoms with Gasteiger partial charge in [-0.25, -0.2) is 0 Å². The van der Waals surface area contributed by atoms with Gasteiger partial charge in [-0.05, 0) is 72.8 Å². The van der Waals surface area contributed by atoms with Gasteiger partial charge in [0.15, 0.2) is 0 Å². The highest BCUT2D eigenvalue weighted by molar-refractivity contribution is 8.01. The van der Waals surface area contributed by atoms with Crippen LogP contribution in [0.25, 0.3) is 39.0 Å². The van der Waals surface area contributed by atoms with Gasteiger partial charge in [-0.1, -0.05) is 83.4 Å². The Morgan fingerprint density at radius 2 is 1.05 bits per heavy atom. The molecule has 0 fully saturated rings. The molecule has 0 aromatic carbocycles. The first kappa shape index (κ1) is 30.6. The predicted molar refractivity (Wildman–Crippen MR) is 197 cm³/mol. The molecule has 6 heterocycles. The SMILES string of the molecule is CCCCCCC1(CCCCCC)C=CC(c2ccc(-c3ccc(-c4ccc(-c5ccc(-c6cccs6)s5)s4)s3)s2)S1. The number of rotatable bonds is 15. The number of hydrogen-bond acceptors (Lipinski definition) is 6. The van der Waals surface area contributed by atoms with Crippen LogP contribution in [0.2, 0.25) is 0 Å². The molecule has 1 unspecified atom stereocenters. The van der Waals surface area contributed by atoms with E-state index in [-0.39, 0.29) is 0 Å². The summed E-state index contributed by atoms with van der Waals surface area (Å²) < 4.78 is 0.344. The van der Waals surface area contributed by atoms with E-state index in [1.54, 1.807) is 0 Å². The van der Waals surface area contributed by atoms with Crippen molar-refractivity contribution in [1.82, 2.24) is 0 Å². The lowest BCUT2D eigenvalue weighted by Crippen LogP contribution is -2.19. The van der Waals surface area contributed by atoms with Gasteiger partial charge in [-0.2, -0.15) is 0 Å². The van der Waals surface area contributed by atoms with Gasteiger partial charge in [-0.15, -0.1) is 68.4 Å². The van der Waals surface area contributed by atoms with Crippen molar-refractivity contribution in [2.24, 2.45) is 0 Å². The fourth-order valence-electron chi connectivity index (χ4n) is 5.72. The van der Waals surface area contributed by atoms with Crippen LogP contribution < -0.4 is 0 Å². The van der Waals surface area contributed by atoms with Crippen molar-refractivity contribution in [1.29, 1.82) is 0 Å². The zero-order valence-electron chi connectivity index (χ0n) is 24.6. The van der Waals surface area contributed by atoms with Crippen molar-refractivity contribution in [3.05, 3.63) is 83.1 Å². The topological polar surface area (TPSA) is 0 Å². The van der Waals surface area contributed by atoms with Gasteiger partial charge in [0.05, 0.1) is 5.25 Å². The number of thioether (sulfide) groups is 1. The van der Waals surface area contributed by atoms with Crippen LogP contribution in [-0.2, 0) is 0 Å². The summed E-state index contributed by atoms with van der Waals surface area (Å²) in [7, 11) is 0. The molecule has 0 spiro atoms. The molecule has 0 aliphatic carbocycles. The lowest BCUT2D eigenvalue weighted by Gasteiger charge is -2.28. The van der Waals surface area contributed by atoms with Crippen molar-refractivity contribution in [3.63, 3.8) is 0 Å². The third-order valence-corrected chi connectivity index (χ3v) is 16.0. The molecule has 0 bridgehead atoms. The quantitative estimate of drug-likeness (QED) is 0.0793. The van der Waals surface area contributed by atoms with Crippen LogP contribution in [0, 0.1) is 0 Å². The molecule has 0 N–H and O–H groups in total. The maximum Gasteiger partial charge on any atom is 0.0580 e. The van der Waals surface area contributed by atoms with Crippen LogP contribution in [0.15, 0.2) is 78.2 Å². The Morgan fingerprint density at radius 1 is 0.548 bits per heavy atom. The van der Waals surface area contributed by atoms with E-state index in [0.29, 0.717) is 10.00 Å². The Morgan fingerprint density at radius 3 is 1.55 bits per heavy atom. The average Bonchev–Trinajstić information content (AvgIpc) is 3.84. The largest absolute Gasteiger partial charge is 0.143 e. The van der Waals surface area contributed by atoms with E-state index in [4.69, 9.17) is 0 Å². The molecule has 0 saturated carbocycles. The zero-order chi connectivity index (χ0) is 28.8. The fraction of sp³-hybridized carbons (Fsp3) is 0.389. The average molecular weight is 665 g/mol. The van der Waals surface area contributed by atoms with Crippen LogP contribution in [0.5, 0.6) is 0 Å². The van der Waals surface area contributed by atoms with E-state index < -0.39 is 0 Å². The van der Waals surface area contributed by atoms with Gasteiger partial charge in [-0.3, -0.25) is 0 Å². The van der Waals surface area contributed by atoms with Crippen molar-refractivity contribution in [2.45, 2.75) is 88.1 Å². The Bertz CT molecular complexity index is 1540. The van der Waals surface area contributed by atoms with E-state index in [9.17, 15) is 0 Å². The minimum atomic E-state index is 0.344. The highest BCUT2D eigenvalue weighted by atomic mass is 32.2. The summed E-state index contributed by atoms with van der Waals surface area (Å²) in [6.07, 6.45) is 18.7. The van der Waals surface area contributed by atoms with Crippen LogP contribution in [0.3, 0.4) is 0 Å². The molecule has 5 aromatic heterocycles. The van der Waals surface area contributed by atoms with Crippen LogP contribution in [0.4, 0.5) is 0 Å². The summed E-state index contributed by atoms with van der Waals surface area (Å²) in [5.41, 5.74) is 0. The van der Waals surface area contributed by atoms with Crippen LogP contribution in [0.1, 0.15) is 88.2 Å². The Labute approximate surface area is 276 Å². The summed E-state index contributed by atoms with van der Waals surface area (Å²) >= 11 is 11.8. The molecule has 6 heteroatoms. The van der Waals surface area contributed by atoms with Crippen LogP contribution in [-0.4, -0.2) is 4.75 Å². The second kappa shape index (κ2) is 14.6. The summed E-state index contributed by atoms with van der Waals surface area (Å²) in [5, 5.41) is 2.66. The van der Waals surface area contributed by atoms with Crippen LogP contribution >= 0.6 is 68.4 Å². The molecule has 0 radical (unpaired) electrons. The van der Waals surface area contributed by atoms with Crippen molar-refractivity contribution in [2.75, 3.05) is 0 Å². The summed E-state index contributed by atoms with van der Waals surface area (Å²) in [6, 6.07) is 22.9. The number of unbranched alkanes of at least 4 members (excludes halogenated alkanes) is 6. The molecule has 5 aromatic rings. The molecule has 1 aliphatic heterocycles. The van der Waals surface area contributed by atoms with E-state index >= 15 is 0 Å². The molecule has 0 amide bonds. The highest BCUT2D eigenvalue weighted by Crippen LogP contribution is 2.54. The standard InChI is InChI=1S/C36H40S6/c1-3-5-7-9-22-36(23-10-8-6-4-2)24-21-35(42-36)34-20-19-33(41-34)32-18-17-31(40-32)30-16-15-29(39-30)28-14-13-27(38-28)26-12-11-25-37-26/h11-21,24-25,35H,3-10,22-23H2,1-2H3. The van der Waals surface area contributed by atoms with Gasteiger partial charge < -0.3 is 0 Å². The summed E-state index contributed by atoms with van der Waals surface area (Å²) in [5.74, 6) is 0. The monoisotopic (exact) mass is 664 g/mol. The van der Waals surface area contributed by atoms with Gasteiger partial charge in [0.25, 0.3) is 0 Å². The molecule has 6 rings (SSSR count). The molecule has 42 heavy (non-hydrogen) atoms. The minimum absolute atomic E-state index is 0.344. The summed E-state index contributed by atoms with van der Waals surface area (Å²) in [6.45, 7) is 4.63. The Kier molecular flexibility index (Phi) is 10.6. The van der Waals surface area contributed by atoms with Gasteiger partial charge >= 0.3 is 0 Å².